The third kappa shape index (κ3) is 14.4. The number of carboxylic acids is 2. The number of aliphatic hydroxyl groups excluding tert-OH is 1. The molecule has 0 heterocycles. The lowest BCUT2D eigenvalue weighted by atomic mass is 9.92. The van der Waals surface area contributed by atoms with Crippen molar-refractivity contribution in [2.24, 2.45) is 5.92 Å². The standard InChI is InChI=1S/C26H42O7/c1-4-5-6-7-8-9-10-11-12-13-14-15-21(24(28)29)18-23(20(2)26(32)33-3)19-22(16-17-27)25(30)31/h18-19,23,27H,2,4-17H2,1,3H3,(H,28,29)(H,30,31). The van der Waals surface area contributed by atoms with Gasteiger partial charge in [-0.2, -0.15) is 0 Å². The zero-order valence-corrected chi connectivity index (χ0v) is 20.3. The van der Waals surface area contributed by atoms with Gasteiger partial charge < -0.3 is 20.1 Å². The monoisotopic (exact) mass is 466 g/mol. The van der Waals surface area contributed by atoms with E-state index in [0.29, 0.717) is 12.8 Å². The van der Waals surface area contributed by atoms with Crippen LogP contribution in [0, 0.1) is 5.92 Å². The van der Waals surface area contributed by atoms with E-state index in [-0.39, 0.29) is 29.7 Å². The number of carbonyl (C=O) groups is 3. The van der Waals surface area contributed by atoms with Crippen molar-refractivity contribution in [3.8, 4) is 0 Å². The molecule has 0 saturated carbocycles. The number of hydrogen-bond acceptors (Lipinski definition) is 5. The van der Waals surface area contributed by atoms with Crippen LogP contribution in [0.1, 0.15) is 90.4 Å². The van der Waals surface area contributed by atoms with Crippen LogP contribution in [0.15, 0.2) is 35.5 Å². The maximum absolute atomic E-state index is 11.9. The van der Waals surface area contributed by atoms with Crippen molar-refractivity contribution in [3.63, 3.8) is 0 Å². The van der Waals surface area contributed by atoms with Crippen LogP contribution in [-0.2, 0) is 19.1 Å². The number of allylic oxidation sites excluding steroid dienone is 2. The summed E-state index contributed by atoms with van der Waals surface area (Å²) in [6.45, 7) is 5.49. The van der Waals surface area contributed by atoms with E-state index in [1.54, 1.807) is 0 Å². The van der Waals surface area contributed by atoms with Gasteiger partial charge in [-0.25, -0.2) is 14.4 Å². The quantitative estimate of drug-likeness (QED) is 0.124. The molecule has 33 heavy (non-hydrogen) atoms. The third-order valence-corrected chi connectivity index (χ3v) is 5.59. The molecule has 0 aliphatic rings. The number of methoxy groups -OCH3 is 1. The van der Waals surface area contributed by atoms with Gasteiger partial charge in [-0.3, -0.25) is 0 Å². The summed E-state index contributed by atoms with van der Waals surface area (Å²) >= 11 is 0. The van der Waals surface area contributed by atoms with Crippen LogP contribution < -0.4 is 0 Å². The van der Waals surface area contributed by atoms with Crippen LogP contribution in [0.25, 0.3) is 0 Å². The predicted octanol–water partition coefficient (Wildman–Crippen LogP) is 5.44. The van der Waals surface area contributed by atoms with E-state index >= 15 is 0 Å². The van der Waals surface area contributed by atoms with Gasteiger partial charge in [0.05, 0.1) is 7.11 Å². The number of aliphatic hydroxyl groups is 1. The van der Waals surface area contributed by atoms with Crippen LogP contribution in [-0.4, -0.2) is 46.9 Å². The summed E-state index contributed by atoms with van der Waals surface area (Å²) < 4.78 is 4.67. The molecule has 0 aliphatic carbocycles. The van der Waals surface area contributed by atoms with E-state index in [1.165, 1.54) is 64.2 Å². The molecular formula is C26H42O7. The summed E-state index contributed by atoms with van der Waals surface area (Å²) in [5, 5.41) is 28.0. The first-order chi connectivity index (χ1) is 15.8. The van der Waals surface area contributed by atoms with Gasteiger partial charge in [0.2, 0.25) is 0 Å². The predicted molar refractivity (Wildman–Crippen MR) is 129 cm³/mol. The lowest BCUT2D eigenvalue weighted by Gasteiger charge is -2.14. The normalized spacial score (nSPS) is 12.9. The Labute approximate surface area is 198 Å². The number of carboxylic acid groups (broad SMARTS) is 2. The highest BCUT2D eigenvalue weighted by Crippen LogP contribution is 2.22. The number of esters is 1. The Morgan fingerprint density at radius 2 is 1.21 bits per heavy atom. The van der Waals surface area contributed by atoms with Gasteiger partial charge in [-0.1, -0.05) is 89.9 Å². The molecule has 3 N–H and O–H groups in total. The van der Waals surface area contributed by atoms with Crippen molar-refractivity contribution in [2.75, 3.05) is 13.7 Å². The molecule has 7 heteroatoms. The molecule has 0 aromatic carbocycles. The topological polar surface area (TPSA) is 121 Å². The number of aliphatic carboxylic acids is 2. The van der Waals surface area contributed by atoms with Crippen molar-refractivity contribution in [3.05, 3.63) is 35.5 Å². The zero-order chi connectivity index (χ0) is 25.1. The minimum absolute atomic E-state index is 0.0631. The first kappa shape index (κ1) is 30.6. The van der Waals surface area contributed by atoms with Crippen molar-refractivity contribution in [1.29, 1.82) is 0 Å². The largest absolute Gasteiger partial charge is 0.478 e. The van der Waals surface area contributed by atoms with Crippen LogP contribution in [0.4, 0.5) is 0 Å². The second kappa shape index (κ2) is 19.1. The second-order valence-electron chi connectivity index (χ2n) is 8.30. The Kier molecular flexibility index (Phi) is 17.7. The lowest BCUT2D eigenvalue weighted by Crippen LogP contribution is -2.15. The van der Waals surface area contributed by atoms with E-state index in [9.17, 15) is 24.6 Å². The summed E-state index contributed by atoms with van der Waals surface area (Å²) in [4.78, 5) is 35.1. The molecule has 1 atom stereocenters. The molecule has 0 spiro atoms. The molecule has 188 valence electrons. The minimum Gasteiger partial charge on any atom is -0.478 e. The fraction of sp³-hybridized carbons (Fsp3) is 0.654. The Hall–Kier alpha value is -2.41. The second-order valence-corrected chi connectivity index (χ2v) is 8.30. The van der Waals surface area contributed by atoms with Gasteiger partial charge in [-0.05, 0) is 12.8 Å². The Balaban J connectivity index is 4.95. The van der Waals surface area contributed by atoms with Crippen LogP contribution >= 0.6 is 0 Å². The van der Waals surface area contributed by atoms with Crippen LogP contribution in [0.3, 0.4) is 0 Å². The molecule has 0 aromatic rings. The van der Waals surface area contributed by atoms with Crippen LogP contribution in [0.5, 0.6) is 0 Å². The molecule has 0 amide bonds. The number of carbonyl (C=O) groups excluding carboxylic acids is 1. The van der Waals surface area contributed by atoms with E-state index in [2.05, 4.69) is 18.2 Å². The van der Waals surface area contributed by atoms with Crippen molar-refractivity contribution in [2.45, 2.75) is 90.4 Å². The molecule has 1 unspecified atom stereocenters. The number of hydrogen-bond donors (Lipinski definition) is 3. The molecule has 0 rings (SSSR count). The summed E-state index contributed by atoms with van der Waals surface area (Å²) in [5.41, 5.74) is -0.0823. The van der Waals surface area contributed by atoms with E-state index in [4.69, 9.17) is 5.11 Å². The SMILES string of the molecule is C=C(C(=O)OC)C(C=C(CCO)C(=O)O)C=C(CCCCCCCCCCCCC)C(=O)O. The van der Waals surface area contributed by atoms with Gasteiger partial charge in [0.1, 0.15) is 0 Å². The summed E-state index contributed by atoms with van der Waals surface area (Å²) in [6, 6.07) is 0. The van der Waals surface area contributed by atoms with Crippen molar-refractivity contribution in [1.82, 2.24) is 0 Å². The summed E-state index contributed by atoms with van der Waals surface area (Å²) in [5.74, 6) is -4.06. The minimum atomic E-state index is -1.25. The number of ether oxygens (including phenoxy) is 1. The van der Waals surface area contributed by atoms with E-state index < -0.39 is 23.8 Å². The molecule has 0 fully saturated rings. The fourth-order valence-corrected chi connectivity index (χ4v) is 3.57. The average molecular weight is 467 g/mol. The highest BCUT2D eigenvalue weighted by atomic mass is 16.5. The third-order valence-electron chi connectivity index (χ3n) is 5.59. The first-order valence-corrected chi connectivity index (χ1v) is 12.0. The molecule has 0 bridgehead atoms. The molecule has 0 saturated heterocycles. The highest BCUT2D eigenvalue weighted by molar-refractivity contribution is 5.92. The summed E-state index contributed by atoms with van der Waals surface area (Å²) in [6.07, 6.45) is 15.5. The smallest absolute Gasteiger partial charge is 0.334 e. The Bertz CT molecular complexity index is 676. The van der Waals surface area contributed by atoms with Gasteiger partial charge >= 0.3 is 17.9 Å². The van der Waals surface area contributed by atoms with Crippen molar-refractivity contribution < 1.29 is 34.4 Å². The molecule has 7 nitrogen and oxygen atoms in total. The van der Waals surface area contributed by atoms with Crippen molar-refractivity contribution >= 4 is 17.9 Å². The van der Waals surface area contributed by atoms with E-state index in [1.807, 2.05) is 0 Å². The Morgan fingerprint density at radius 3 is 1.61 bits per heavy atom. The Morgan fingerprint density at radius 1 is 0.788 bits per heavy atom. The highest BCUT2D eigenvalue weighted by Gasteiger charge is 2.21. The summed E-state index contributed by atoms with van der Waals surface area (Å²) in [7, 11) is 1.17. The van der Waals surface area contributed by atoms with Gasteiger partial charge in [-0.15, -0.1) is 0 Å². The van der Waals surface area contributed by atoms with Gasteiger partial charge in [0, 0.05) is 35.7 Å². The molecular weight excluding hydrogens is 424 g/mol. The maximum atomic E-state index is 11.9. The average Bonchev–Trinajstić information content (AvgIpc) is 2.79. The van der Waals surface area contributed by atoms with Gasteiger partial charge in [0.15, 0.2) is 0 Å². The number of rotatable bonds is 20. The molecule has 0 aromatic heterocycles. The zero-order valence-electron chi connectivity index (χ0n) is 20.3. The molecule has 0 radical (unpaired) electrons. The van der Waals surface area contributed by atoms with Crippen LogP contribution in [0.2, 0.25) is 0 Å². The maximum Gasteiger partial charge on any atom is 0.334 e. The van der Waals surface area contributed by atoms with E-state index in [0.717, 1.165) is 19.3 Å². The first-order valence-electron chi connectivity index (χ1n) is 12.0. The lowest BCUT2D eigenvalue weighted by molar-refractivity contribution is -0.137. The molecule has 0 aliphatic heterocycles. The fourth-order valence-electron chi connectivity index (χ4n) is 3.57. The number of unbranched alkanes of at least 4 members (excludes halogenated alkanes) is 10. The van der Waals surface area contributed by atoms with Gasteiger partial charge in [0.25, 0.3) is 0 Å².